The van der Waals surface area contributed by atoms with E-state index in [2.05, 4.69) is 10.2 Å². The van der Waals surface area contributed by atoms with Gasteiger partial charge < -0.3 is 9.84 Å². The van der Waals surface area contributed by atoms with Crippen LogP contribution in [0.1, 0.15) is 5.56 Å². The van der Waals surface area contributed by atoms with Crippen LogP contribution in [-0.2, 0) is 11.2 Å². The number of ether oxygens (including phenoxy) is 1. The molecule has 1 aromatic heterocycles. The van der Waals surface area contributed by atoms with Gasteiger partial charge in [-0.1, -0.05) is 35.2 Å². The number of aromatic nitrogens is 2. The Morgan fingerprint density at radius 3 is 2.79 bits per heavy atom. The summed E-state index contributed by atoms with van der Waals surface area (Å²) in [5.74, 6) is 0.709. The van der Waals surface area contributed by atoms with Crippen LogP contribution < -0.4 is 4.74 Å². The number of aliphatic carboxylic acids is 1. The lowest BCUT2D eigenvalue weighted by Gasteiger charge is -2.05. The molecule has 1 heterocycles. The van der Waals surface area contributed by atoms with Crippen molar-refractivity contribution < 1.29 is 14.6 Å². The Kier molecular flexibility index (Phi) is 5.17. The summed E-state index contributed by atoms with van der Waals surface area (Å²) < 4.78 is 6.48. The van der Waals surface area contributed by atoms with E-state index in [1.807, 2.05) is 0 Å². The van der Waals surface area contributed by atoms with E-state index in [1.165, 1.54) is 11.3 Å². The molecule has 7 heteroatoms. The first-order valence-corrected chi connectivity index (χ1v) is 7.43. The summed E-state index contributed by atoms with van der Waals surface area (Å²) in [5.41, 5.74) is 2.47. The number of benzene rings is 1. The third-order valence-corrected chi connectivity index (χ3v) is 4.02. The third-order valence-electron chi connectivity index (χ3n) is 2.20. The zero-order valence-electron chi connectivity index (χ0n) is 9.98. The van der Waals surface area contributed by atoms with Gasteiger partial charge in [0.25, 0.3) is 0 Å². The first kappa shape index (κ1) is 13.8. The quantitative estimate of drug-likeness (QED) is 0.624. The van der Waals surface area contributed by atoms with Crippen LogP contribution in [0.4, 0.5) is 0 Å². The Balaban J connectivity index is 1.72. The second-order valence-corrected chi connectivity index (χ2v) is 5.79. The van der Waals surface area contributed by atoms with Crippen molar-refractivity contribution in [2.24, 2.45) is 0 Å². The Bertz CT molecular complexity index is 514. The molecule has 0 bridgehead atoms. The molecule has 0 amide bonds. The SMILES string of the molecule is O=C(O)Cc1ccc(OCCSc2nncs2)cc1. The van der Waals surface area contributed by atoms with Gasteiger partial charge in [0, 0.05) is 5.75 Å². The maximum Gasteiger partial charge on any atom is 0.307 e. The highest BCUT2D eigenvalue weighted by atomic mass is 32.2. The molecule has 2 rings (SSSR count). The fourth-order valence-electron chi connectivity index (χ4n) is 1.39. The van der Waals surface area contributed by atoms with Crippen LogP contribution in [0.15, 0.2) is 34.1 Å². The van der Waals surface area contributed by atoms with E-state index in [0.29, 0.717) is 6.61 Å². The average molecular weight is 296 g/mol. The lowest BCUT2D eigenvalue weighted by atomic mass is 10.1. The van der Waals surface area contributed by atoms with E-state index in [4.69, 9.17) is 9.84 Å². The predicted octanol–water partition coefficient (Wildman–Crippen LogP) is 2.34. The van der Waals surface area contributed by atoms with Gasteiger partial charge in [0.1, 0.15) is 11.3 Å². The van der Waals surface area contributed by atoms with Gasteiger partial charge in [-0.05, 0) is 17.7 Å². The highest BCUT2D eigenvalue weighted by Gasteiger charge is 2.01. The zero-order chi connectivity index (χ0) is 13.5. The molecular formula is C12H12N2O3S2. The Morgan fingerprint density at radius 2 is 2.16 bits per heavy atom. The van der Waals surface area contributed by atoms with Crippen LogP contribution in [0, 0.1) is 0 Å². The number of rotatable bonds is 7. The number of carbonyl (C=O) groups is 1. The summed E-state index contributed by atoms with van der Waals surface area (Å²) in [7, 11) is 0. The van der Waals surface area contributed by atoms with Gasteiger partial charge in [-0.15, -0.1) is 10.2 Å². The lowest BCUT2D eigenvalue weighted by molar-refractivity contribution is -0.136. The molecule has 0 fully saturated rings. The van der Waals surface area contributed by atoms with Crippen LogP contribution in [-0.4, -0.2) is 33.6 Å². The average Bonchev–Trinajstić information content (AvgIpc) is 2.89. The van der Waals surface area contributed by atoms with Crippen LogP contribution >= 0.6 is 23.1 Å². The smallest absolute Gasteiger partial charge is 0.307 e. The number of hydrogen-bond acceptors (Lipinski definition) is 6. The van der Waals surface area contributed by atoms with Crippen molar-refractivity contribution in [3.8, 4) is 5.75 Å². The van der Waals surface area contributed by atoms with Crippen molar-refractivity contribution in [3.63, 3.8) is 0 Å². The molecule has 5 nitrogen and oxygen atoms in total. The van der Waals surface area contributed by atoms with Gasteiger partial charge >= 0.3 is 5.97 Å². The van der Waals surface area contributed by atoms with Gasteiger partial charge in [-0.3, -0.25) is 4.79 Å². The van der Waals surface area contributed by atoms with E-state index in [1.54, 1.807) is 41.5 Å². The van der Waals surface area contributed by atoms with E-state index < -0.39 is 5.97 Å². The normalized spacial score (nSPS) is 10.3. The summed E-state index contributed by atoms with van der Waals surface area (Å²) >= 11 is 3.11. The molecule has 1 N–H and O–H groups in total. The summed E-state index contributed by atoms with van der Waals surface area (Å²) in [6.07, 6.45) is 0.0349. The van der Waals surface area contributed by atoms with Crippen molar-refractivity contribution in [1.82, 2.24) is 10.2 Å². The largest absolute Gasteiger partial charge is 0.493 e. The minimum Gasteiger partial charge on any atom is -0.493 e. The fourth-order valence-corrected chi connectivity index (χ4v) is 2.77. The number of carboxylic acid groups (broad SMARTS) is 1. The van der Waals surface area contributed by atoms with Crippen LogP contribution in [0.3, 0.4) is 0 Å². The standard InChI is InChI=1S/C12H12N2O3S2/c15-11(16)7-9-1-3-10(4-2-9)17-5-6-18-12-14-13-8-19-12/h1-4,8H,5-7H2,(H,15,16). The van der Waals surface area contributed by atoms with Crippen LogP contribution in [0.25, 0.3) is 0 Å². The Morgan fingerprint density at radius 1 is 1.37 bits per heavy atom. The van der Waals surface area contributed by atoms with E-state index >= 15 is 0 Å². The molecule has 2 aromatic rings. The van der Waals surface area contributed by atoms with Crippen LogP contribution in [0.5, 0.6) is 5.75 Å². The maximum absolute atomic E-state index is 10.5. The summed E-state index contributed by atoms with van der Waals surface area (Å²) in [6, 6.07) is 7.10. The molecule has 0 saturated heterocycles. The second kappa shape index (κ2) is 7.10. The van der Waals surface area contributed by atoms with Crippen molar-refractivity contribution in [3.05, 3.63) is 35.3 Å². The number of hydrogen-bond donors (Lipinski definition) is 1. The van der Waals surface area contributed by atoms with Crippen molar-refractivity contribution in [2.75, 3.05) is 12.4 Å². The molecule has 0 aliphatic carbocycles. The van der Waals surface area contributed by atoms with Crippen molar-refractivity contribution in [2.45, 2.75) is 10.8 Å². The van der Waals surface area contributed by atoms with Gasteiger partial charge in [0.05, 0.1) is 13.0 Å². The predicted molar refractivity (Wildman–Crippen MR) is 73.9 cm³/mol. The highest BCUT2D eigenvalue weighted by Crippen LogP contribution is 2.19. The monoisotopic (exact) mass is 296 g/mol. The molecular weight excluding hydrogens is 284 g/mol. The third kappa shape index (κ3) is 4.88. The van der Waals surface area contributed by atoms with E-state index in [-0.39, 0.29) is 6.42 Å². The number of carboxylic acids is 1. The minimum absolute atomic E-state index is 0.0349. The van der Waals surface area contributed by atoms with Gasteiger partial charge in [-0.25, -0.2) is 0 Å². The first-order chi connectivity index (χ1) is 9.24. The Hall–Kier alpha value is -1.60. The maximum atomic E-state index is 10.5. The molecule has 0 atom stereocenters. The lowest BCUT2D eigenvalue weighted by Crippen LogP contribution is -2.02. The summed E-state index contributed by atoms with van der Waals surface area (Å²) in [5, 5.41) is 16.3. The molecule has 0 saturated carbocycles. The first-order valence-electron chi connectivity index (χ1n) is 5.56. The van der Waals surface area contributed by atoms with E-state index in [9.17, 15) is 4.79 Å². The van der Waals surface area contributed by atoms with Crippen LogP contribution in [0.2, 0.25) is 0 Å². The summed E-state index contributed by atoms with van der Waals surface area (Å²) in [6.45, 7) is 0.572. The topological polar surface area (TPSA) is 72.3 Å². The van der Waals surface area contributed by atoms with Gasteiger partial charge in [-0.2, -0.15) is 0 Å². The van der Waals surface area contributed by atoms with Gasteiger partial charge in [0.2, 0.25) is 0 Å². The molecule has 0 spiro atoms. The molecule has 0 aliphatic rings. The fraction of sp³-hybridized carbons (Fsp3) is 0.250. The molecule has 0 radical (unpaired) electrons. The number of nitrogens with zero attached hydrogens (tertiary/aromatic N) is 2. The minimum atomic E-state index is -0.831. The van der Waals surface area contributed by atoms with Crippen molar-refractivity contribution in [1.29, 1.82) is 0 Å². The molecule has 0 aliphatic heterocycles. The second-order valence-electron chi connectivity index (χ2n) is 3.62. The number of thioether (sulfide) groups is 1. The molecule has 19 heavy (non-hydrogen) atoms. The Labute approximate surface area is 118 Å². The zero-order valence-corrected chi connectivity index (χ0v) is 11.6. The van der Waals surface area contributed by atoms with Gasteiger partial charge in [0.15, 0.2) is 4.34 Å². The highest BCUT2D eigenvalue weighted by molar-refractivity contribution is 8.01. The molecule has 100 valence electrons. The molecule has 1 aromatic carbocycles. The summed E-state index contributed by atoms with van der Waals surface area (Å²) in [4.78, 5) is 10.5. The van der Waals surface area contributed by atoms with E-state index in [0.717, 1.165) is 21.4 Å². The molecule has 0 unspecified atom stereocenters. The van der Waals surface area contributed by atoms with Crippen molar-refractivity contribution >= 4 is 29.1 Å².